The fourth-order valence-corrected chi connectivity index (χ4v) is 2.47. The average molecular weight is 371 g/mol. The molecule has 0 saturated carbocycles. The van der Waals surface area contributed by atoms with Gasteiger partial charge < -0.3 is 10.1 Å². The van der Waals surface area contributed by atoms with Crippen molar-refractivity contribution in [1.29, 1.82) is 0 Å². The topological polar surface area (TPSA) is 82.1 Å². The fourth-order valence-electron chi connectivity index (χ4n) is 2.32. The van der Waals surface area contributed by atoms with Gasteiger partial charge in [-0.15, -0.1) is 0 Å². The Balaban J connectivity index is 2.00. The summed E-state index contributed by atoms with van der Waals surface area (Å²) in [5, 5.41) is 10.1. The number of pyridine rings is 2. The van der Waals surface area contributed by atoms with Crippen molar-refractivity contribution in [3.05, 3.63) is 41.8 Å². The Morgan fingerprint density at radius 3 is 2.72 bits per heavy atom. The van der Waals surface area contributed by atoms with E-state index in [1.165, 1.54) is 12.3 Å². The lowest BCUT2D eigenvalue weighted by molar-refractivity contribution is -0.119. The maximum Gasteiger partial charge on any atom is 0.413 e. The number of nitrogens with zero attached hydrogens (tertiary/aromatic N) is 3. The molecule has 0 fully saturated rings. The van der Waals surface area contributed by atoms with Crippen molar-refractivity contribution in [3.8, 4) is 11.3 Å². The van der Waals surface area contributed by atoms with Crippen LogP contribution in [0.4, 0.5) is 23.8 Å². The minimum absolute atomic E-state index is 0.143. The molecule has 3 heterocycles. The largest absolute Gasteiger partial charge is 0.465 e. The summed E-state index contributed by atoms with van der Waals surface area (Å²) < 4.78 is 37.8. The molecule has 2 N–H and O–H groups in total. The molecule has 0 aliphatic carbocycles. The minimum Gasteiger partial charge on any atom is -0.465 e. The maximum absolute atomic E-state index is 12.6. The van der Waals surface area contributed by atoms with Crippen LogP contribution in [0.2, 0.25) is 5.15 Å². The quantitative estimate of drug-likeness (QED) is 0.672. The molecule has 0 spiro atoms. The van der Waals surface area contributed by atoms with Crippen molar-refractivity contribution < 1.29 is 23.1 Å². The summed E-state index contributed by atoms with van der Waals surface area (Å²) in [6.07, 6.45) is -3.63. The van der Waals surface area contributed by atoms with E-state index in [1.807, 2.05) is 0 Å². The van der Waals surface area contributed by atoms with Crippen LogP contribution < -0.4 is 4.90 Å². The lowest BCUT2D eigenvalue weighted by Crippen LogP contribution is -2.38. The van der Waals surface area contributed by atoms with Gasteiger partial charge in [-0.25, -0.2) is 14.8 Å². The van der Waals surface area contributed by atoms with Gasteiger partial charge in [-0.2, -0.15) is 13.2 Å². The van der Waals surface area contributed by atoms with Crippen LogP contribution in [0.1, 0.15) is 0 Å². The highest BCUT2D eigenvalue weighted by molar-refractivity contribution is 6.30. The fraction of sp³-hybridized carbons (Fsp3) is 0.133. The monoisotopic (exact) mass is 370 g/mol. The number of rotatable bonds is 3. The highest BCUT2D eigenvalue weighted by Gasteiger charge is 2.34. The third-order valence-corrected chi connectivity index (χ3v) is 3.58. The zero-order valence-corrected chi connectivity index (χ0v) is 13.1. The van der Waals surface area contributed by atoms with Gasteiger partial charge in [0.25, 0.3) is 0 Å². The van der Waals surface area contributed by atoms with Crippen molar-refractivity contribution in [2.75, 3.05) is 11.4 Å². The van der Waals surface area contributed by atoms with Crippen molar-refractivity contribution >= 4 is 34.4 Å². The van der Waals surface area contributed by atoms with Gasteiger partial charge in [0.2, 0.25) is 0 Å². The van der Waals surface area contributed by atoms with Crippen LogP contribution in [0.25, 0.3) is 22.2 Å². The average Bonchev–Trinajstić information content (AvgIpc) is 2.95. The molecule has 0 saturated heterocycles. The van der Waals surface area contributed by atoms with E-state index in [9.17, 15) is 18.0 Å². The maximum atomic E-state index is 12.6. The second kappa shape index (κ2) is 6.25. The van der Waals surface area contributed by atoms with Crippen LogP contribution in [0.3, 0.4) is 0 Å². The molecule has 0 aromatic carbocycles. The Morgan fingerprint density at radius 2 is 2.04 bits per heavy atom. The van der Waals surface area contributed by atoms with Gasteiger partial charge in [-0.1, -0.05) is 11.6 Å². The van der Waals surface area contributed by atoms with Gasteiger partial charge in [0.05, 0.1) is 5.52 Å². The van der Waals surface area contributed by atoms with E-state index in [4.69, 9.17) is 16.7 Å². The van der Waals surface area contributed by atoms with E-state index in [1.54, 1.807) is 24.4 Å². The lowest BCUT2D eigenvalue weighted by atomic mass is 10.2. The molecule has 10 heteroatoms. The smallest absolute Gasteiger partial charge is 0.413 e. The SMILES string of the molecule is O=C(O)N(CC(F)(F)F)c1cc(-c2cc3cnc(Cl)cc3[nH]2)ccn1. The number of anilines is 1. The van der Waals surface area contributed by atoms with Crippen LogP contribution >= 0.6 is 11.6 Å². The molecular formula is C15H10ClF3N4O2. The number of hydrogen-bond donors (Lipinski definition) is 2. The first-order chi connectivity index (χ1) is 11.7. The molecule has 130 valence electrons. The second-order valence-corrected chi connectivity index (χ2v) is 5.55. The van der Waals surface area contributed by atoms with Crippen molar-refractivity contribution in [3.63, 3.8) is 0 Å². The van der Waals surface area contributed by atoms with Crippen LogP contribution in [0.15, 0.2) is 36.7 Å². The molecule has 0 aliphatic heterocycles. The Labute approximate surface area is 143 Å². The molecular weight excluding hydrogens is 361 g/mol. The Morgan fingerprint density at radius 1 is 1.28 bits per heavy atom. The number of amides is 1. The normalized spacial score (nSPS) is 11.7. The summed E-state index contributed by atoms with van der Waals surface area (Å²) in [5.41, 5.74) is 1.74. The van der Waals surface area contributed by atoms with Gasteiger partial charge in [0.15, 0.2) is 0 Å². The highest BCUT2D eigenvalue weighted by atomic mass is 35.5. The summed E-state index contributed by atoms with van der Waals surface area (Å²) in [6, 6.07) is 6.15. The van der Waals surface area contributed by atoms with E-state index in [2.05, 4.69) is 15.0 Å². The highest BCUT2D eigenvalue weighted by Crippen LogP contribution is 2.28. The first-order valence-electron chi connectivity index (χ1n) is 6.91. The number of carboxylic acid groups (broad SMARTS) is 1. The van der Waals surface area contributed by atoms with Gasteiger partial charge in [0, 0.05) is 29.0 Å². The number of aromatic amines is 1. The van der Waals surface area contributed by atoms with Gasteiger partial charge in [0.1, 0.15) is 17.5 Å². The third kappa shape index (κ3) is 3.82. The standard InChI is InChI=1S/C15H10ClF3N4O2/c16-12-5-11-9(6-21-12)3-10(22-11)8-1-2-20-13(4-8)23(14(24)25)7-15(17,18)19/h1-6,22H,7H2,(H,24,25). The third-order valence-electron chi connectivity index (χ3n) is 3.37. The number of carbonyl (C=O) groups is 1. The molecule has 1 amide bonds. The Hall–Kier alpha value is -2.81. The second-order valence-electron chi connectivity index (χ2n) is 5.16. The summed E-state index contributed by atoms with van der Waals surface area (Å²) in [7, 11) is 0. The number of halogens is 4. The first-order valence-corrected chi connectivity index (χ1v) is 7.28. The van der Waals surface area contributed by atoms with E-state index in [0.29, 0.717) is 21.9 Å². The molecule has 0 radical (unpaired) electrons. The molecule has 0 bridgehead atoms. The number of hydrogen-bond acceptors (Lipinski definition) is 3. The Bertz CT molecular complexity index is 942. The summed E-state index contributed by atoms with van der Waals surface area (Å²) in [4.78, 5) is 22.0. The van der Waals surface area contributed by atoms with Crippen LogP contribution in [-0.2, 0) is 0 Å². The van der Waals surface area contributed by atoms with E-state index < -0.39 is 18.8 Å². The van der Waals surface area contributed by atoms with Crippen LogP contribution in [0, 0.1) is 0 Å². The van der Waals surface area contributed by atoms with E-state index >= 15 is 0 Å². The van der Waals surface area contributed by atoms with E-state index in [0.717, 1.165) is 5.39 Å². The molecule has 0 aliphatic rings. The van der Waals surface area contributed by atoms with Gasteiger partial charge >= 0.3 is 12.3 Å². The van der Waals surface area contributed by atoms with Gasteiger partial charge in [-0.05, 0) is 24.3 Å². The zero-order chi connectivity index (χ0) is 18.2. The number of fused-ring (bicyclic) bond motifs is 1. The van der Waals surface area contributed by atoms with Crippen molar-refractivity contribution in [1.82, 2.24) is 15.0 Å². The first kappa shape index (κ1) is 17.0. The number of alkyl halides is 3. The zero-order valence-electron chi connectivity index (χ0n) is 12.4. The molecule has 0 atom stereocenters. The van der Waals surface area contributed by atoms with Crippen molar-refractivity contribution in [2.45, 2.75) is 6.18 Å². The summed E-state index contributed by atoms with van der Waals surface area (Å²) in [5.74, 6) is -0.322. The van der Waals surface area contributed by atoms with E-state index in [-0.39, 0.29) is 10.7 Å². The molecule has 3 aromatic rings. The van der Waals surface area contributed by atoms with Gasteiger partial charge in [-0.3, -0.25) is 4.90 Å². The number of aromatic nitrogens is 3. The number of H-pyrrole nitrogens is 1. The van der Waals surface area contributed by atoms with Crippen molar-refractivity contribution in [2.24, 2.45) is 0 Å². The lowest BCUT2D eigenvalue weighted by Gasteiger charge is -2.20. The summed E-state index contributed by atoms with van der Waals surface area (Å²) >= 11 is 5.82. The molecule has 25 heavy (non-hydrogen) atoms. The van der Waals surface area contributed by atoms with Crippen LogP contribution in [-0.4, -0.2) is 38.9 Å². The number of nitrogens with one attached hydrogen (secondary N) is 1. The van der Waals surface area contributed by atoms with Crippen LogP contribution in [0.5, 0.6) is 0 Å². The summed E-state index contributed by atoms with van der Waals surface area (Å²) in [6.45, 7) is -1.65. The molecule has 0 unspecified atom stereocenters. The molecule has 3 rings (SSSR count). The molecule has 3 aromatic heterocycles. The minimum atomic E-state index is -4.68. The Kier molecular flexibility index (Phi) is 4.25. The predicted molar refractivity (Wildman–Crippen MR) is 85.8 cm³/mol. The molecule has 6 nitrogen and oxygen atoms in total. The predicted octanol–water partition coefficient (Wildman–Crippen LogP) is 4.33.